The zero-order valence-corrected chi connectivity index (χ0v) is 6.83. The fourth-order valence-electron chi connectivity index (χ4n) is 1.09. The second-order valence-corrected chi connectivity index (χ2v) is 2.53. The van der Waals surface area contributed by atoms with Crippen LogP contribution < -0.4 is 0 Å². The van der Waals surface area contributed by atoms with Crippen LogP contribution in [0.5, 0.6) is 0 Å². The van der Waals surface area contributed by atoms with Gasteiger partial charge in [0.05, 0.1) is 12.6 Å². The Labute approximate surface area is 66.5 Å². The zero-order valence-electron chi connectivity index (χ0n) is 6.83. The molecule has 0 spiro atoms. The number of aryl methyl sites for hydroxylation is 2. The third-order valence-electron chi connectivity index (χ3n) is 1.73. The van der Waals surface area contributed by atoms with E-state index in [0.29, 0.717) is 6.54 Å². The average molecular weight is 149 g/mol. The summed E-state index contributed by atoms with van der Waals surface area (Å²) in [5, 5.41) is 4.08. The van der Waals surface area contributed by atoms with Crippen LogP contribution in [0.3, 0.4) is 0 Å². The van der Waals surface area contributed by atoms with Crippen molar-refractivity contribution in [1.82, 2.24) is 9.78 Å². The summed E-state index contributed by atoms with van der Waals surface area (Å²) in [4.78, 5) is 3.30. The summed E-state index contributed by atoms with van der Waals surface area (Å²) in [6.07, 6.45) is 2.64. The molecule has 0 N–H and O–H groups in total. The van der Waals surface area contributed by atoms with E-state index in [1.807, 2.05) is 24.9 Å². The highest BCUT2D eigenvalue weighted by Gasteiger charge is 2.04. The number of nitrogens with zero attached hydrogens (tertiary/aromatic N) is 3. The van der Waals surface area contributed by atoms with E-state index in [2.05, 4.69) is 9.94 Å². The van der Waals surface area contributed by atoms with Gasteiger partial charge in [-0.25, -0.2) is 6.57 Å². The lowest BCUT2D eigenvalue weighted by molar-refractivity contribution is 0.713. The standard InChI is InChI=1S/C8H11N3/c1-7-6-10-11(3)8(7)4-5-9-2/h6H,4-5H2,1,3H3. The number of rotatable bonds is 2. The first-order valence-electron chi connectivity index (χ1n) is 3.56. The minimum Gasteiger partial charge on any atom is -0.317 e. The third-order valence-corrected chi connectivity index (χ3v) is 1.73. The van der Waals surface area contributed by atoms with Gasteiger partial charge in [-0.3, -0.25) is 4.68 Å². The first-order valence-corrected chi connectivity index (χ1v) is 3.56. The summed E-state index contributed by atoms with van der Waals surface area (Å²) in [6, 6.07) is 0. The SMILES string of the molecule is [C-]#[N+]CCc1c(C)cnn1C. The lowest BCUT2D eigenvalue weighted by atomic mass is 10.2. The highest BCUT2D eigenvalue weighted by molar-refractivity contribution is 5.15. The average Bonchev–Trinajstić information content (AvgIpc) is 2.29. The highest BCUT2D eigenvalue weighted by Crippen LogP contribution is 2.05. The van der Waals surface area contributed by atoms with E-state index in [-0.39, 0.29) is 0 Å². The van der Waals surface area contributed by atoms with Crippen LogP contribution >= 0.6 is 0 Å². The Kier molecular flexibility index (Phi) is 2.27. The molecule has 3 heteroatoms. The Bertz CT molecular complexity index is 261. The summed E-state index contributed by atoms with van der Waals surface area (Å²) >= 11 is 0. The number of hydrogen-bond donors (Lipinski definition) is 0. The van der Waals surface area contributed by atoms with Gasteiger partial charge in [0.2, 0.25) is 6.54 Å². The molecule has 0 saturated carbocycles. The fraction of sp³-hybridized carbons (Fsp3) is 0.500. The number of aromatic nitrogens is 2. The van der Waals surface area contributed by atoms with Gasteiger partial charge in [-0.2, -0.15) is 5.10 Å². The van der Waals surface area contributed by atoms with Crippen molar-refractivity contribution in [1.29, 1.82) is 0 Å². The van der Waals surface area contributed by atoms with Crippen molar-refractivity contribution < 1.29 is 0 Å². The van der Waals surface area contributed by atoms with Gasteiger partial charge in [-0.05, 0) is 12.5 Å². The normalized spacial score (nSPS) is 9.55. The molecule has 11 heavy (non-hydrogen) atoms. The van der Waals surface area contributed by atoms with Crippen LogP contribution in [0.2, 0.25) is 0 Å². The van der Waals surface area contributed by atoms with E-state index in [1.165, 1.54) is 11.3 Å². The van der Waals surface area contributed by atoms with Gasteiger partial charge in [0.25, 0.3) is 0 Å². The molecule has 0 saturated heterocycles. The van der Waals surface area contributed by atoms with E-state index in [0.717, 1.165) is 6.42 Å². The predicted octanol–water partition coefficient (Wildman–Crippen LogP) is 1.19. The molecule has 0 fully saturated rings. The van der Waals surface area contributed by atoms with Crippen LogP contribution in [0.15, 0.2) is 6.20 Å². The van der Waals surface area contributed by atoms with E-state index in [4.69, 9.17) is 6.57 Å². The minimum absolute atomic E-state index is 0.556. The van der Waals surface area contributed by atoms with Gasteiger partial charge in [0, 0.05) is 12.7 Å². The van der Waals surface area contributed by atoms with Gasteiger partial charge in [0.15, 0.2) is 0 Å². The smallest absolute Gasteiger partial charge is 0.220 e. The topological polar surface area (TPSA) is 22.2 Å². The van der Waals surface area contributed by atoms with Gasteiger partial charge in [-0.1, -0.05) is 0 Å². The third kappa shape index (κ3) is 1.58. The Morgan fingerprint density at radius 1 is 1.73 bits per heavy atom. The Hall–Kier alpha value is -1.30. The molecule has 1 heterocycles. The molecule has 1 aromatic rings. The molecule has 58 valence electrons. The van der Waals surface area contributed by atoms with E-state index < -0.39 is 0 Å². The molecule has 0 unspecified atom stereocenters. The second kappa shape index (κ2) is 3.20. The maximum absolute atomic E-state index is 6.64. The fourth-order valence-corrected chi connectivity index (χ4v) is 1.09. The Morgan fingerprint density at radius 3 is 2.91 bits per heavy atom. The summed E-state index contributed by atoms with van der Waals surface area (Å²) < 4.78 is 1.83. The molecule has 0 aromatic carbocycles. The Balaban J connectivity index is 2.77. The maximum atomic E-state index is 6.64. The van der Waals surface area contributed by atoms with Crippen molar-refractivity contribution in [3.63, 3.8) is 0 Å². The van der Waals surface area contributed by atoms with E-state index >= 15 is 0 Å². The monoisotopic (exact) mass is 149 g/mol. The van der Waals surface area contributed by atoms with E-state index in [1.54, 1.807) is 0 Å². The molecule has 1 aromatic heterocycles. The molecule has 0 aliphatic rings. The maximum Gasteiger partial charge on any atom is 0.220 e. The van der Waals surface area contributed by atoms with Crippen LogP contribution in [0, 0.1) is 13.5 Å². The van der Waals surface area contributed by atoms with Crippen LogP contribution in [-0.2, 0) is 13.5 Å². The van der Waals surface area contributed by atoms with Crippen LogP contribution in [0.1, 0.15) is 11.3 Å². The lowest BCUT2D eigenvalue weighted by Gasteiger charge is -1.97. The molecule has 0 aliphatic carbocycles. The summed E-state index contributed by atoms with van der Waals surface area (Å²) in [6.45, 7) is 9.22. The molecule has 0 aliphatic heterocycles. The van der Waals surface area contributed by atoms with Crippen molar-refractivity contribution in [3.05, 3.63) is 28.9 Å². The first kappa shape index (κ1) is 7.80. The molecule has 0 atom stereocenters. The molecule has 1 rings (SSSR count). The minimum atomic E-state index is 0.556. The molecule has 0 radical (unpaired) electrons. The summed E-state index contributed by atoms with van der Waals surface area (Å²) in [5.74, 6) is 0. The molecule has 0 amide bonds. The van der Waals surface area contributed by atoms with Crippen LogP contribution in [0.25, 0.3) is 4.85 Å². The second-order valence-electron chi connectivity index (χ2n) is 2.53. The van der Waals surface area contributed by atoms with Crippen LogP contribution in [0.4, 0.5) is 0 Å². The van der Waals surface area contributed by atoms with Crippen molar-refractivity contribution in [2.45, 2.75) is 13.3 Å². The van der Waals surface area contributed by atoms with Crippen molar-refractivity contribution in [3.8, 4) is 0 Å². The number of hydrogen-bond acceptors (Lipinski definition) is 1. The molecule has 0 bridgehead atoms. The molecule has 3 nitrogen and oxygen atoms in total. The summed E-state index contributed by atoms with van der Waals surface area (Å²) in [7, 11) is 1.91. The van der Waals surface area contributed by atoms with E-state index in [9.17, 15) is 0 Å². The predicted molar refractivity (Wildman–Crippen MR) is 43.1 cm³/mol. The lowest BCUT2D eigenvalue weighted by Crippen LogP contribution is -2.00. The van der Waals surface area contributed by atoms with Gasteiger partial charge >= 0.3 is 0 Å². The quantitative estimate of drug-likeness (QED) is 0.579. The van der Waals surface area contributed by atoms with Crippen molar-refractivity contribution in [2.24, 2.45) is 7.05 Å². The molecular formula is C8H11N3. The first-order chi connectivity index (χ1) is 5.25. The largest absolute Gasteiger partial charge is 0.317 e. The molecular weight excluding hydrogens is 138 g/mol. The van der Waals surface area contributed by atoms with Gasteiger partial charge in [-0.15, -0.1) is 0 Å². The van der Waals surface area contributed by atoms with Gasteiger partial charge in [0.1, 0.15) is 0 Å². The van der Waals surface area contributed by atoms with Crippen molar-refractivity contribution in [2.75, 3.05) is 6.54 Å². The zero-order chi connectivity index (χ0) is 8.27. The summed E-state index contributed by atoms with van der Waals surface area (Å²) in [5.41, 5.74) is 2.34. The highest BCUT2D eigenvalue weighted by atomic mass is 15.3. The Morgan fingerprint density at radius 2 is 2.45 bits per heavy atom. The van der Waals surface area contributed by atoms with Crippen LogP contribution in [-0.4, -0.2) is 16.3 Å². The van der Waals surface area contributed by atoms with Crippen molar-refractivity contribution >= 4 is 0 Å². The van der Waals surface area contributed by atoms with Gasteiger partial charge < -0.3 is 4.85 Å².